The number of carbonyl (C=O) groups is 3. The maximum absolute atomic E-state index is 13.2. The van der Waals surface area contributed by atoms with Crippen LogP contribution in [0.3, 0.4) is 0 Å². The molecule has 1 aliphatic carbocycles. The van der Waals surface area contributed by atoms with Crippen molar-refractivity contribution in [2.45, 2.75) is 31.2 Å². The smallest absolute Gasteiger partial charge is 0.326 e. The molecule has 0 radical (unpaired) electrons. The van der Waals surface area contributed by atoms with Gasteiger partial charge in [-0.25, -0.2) is 4.79 Å². The molecule has 0 unspecified atom stereocenters. The Balaban J connectivity index is 1.34. The Morgan fingerprint density at radius 3 is 2.69 bits per heavy atom. The number of nitrogens with zero attached hydrogens (tertiary/aromatic N) is 2. The largest absolute Gasteiger partial charge is 0.480 e. The number of likely N-dealkylation sites (N-methyl/N-ethyl adjacent to an activating group) is 1. The summed E-state index contributed by atoms with van der Waals surface area (Å²) < 4.78 is 5.59. The Labute approximate surface area is 234 Å². The maximum atomic E-state index is 13.2. The van der Waals surface area contributed by atoms with Crippen molar-refractivity contribution in [1.29, 1.82) is 0 Å². The third-order valence-electron chi connectivity index (χ3n) is 7.02. The van der Waals surface area contributed by atoms with E-state index in [1.807, 2.05) is 48.5 Å². The lowest BCUT2D eigenvalue weighted by Crippen LogP contribution is -2.43. The molecule has 10 heteroatoms. The van der Waals surface area contributed by atoms with Crippen LogP contribution in [-0.2, 0) is 19.1 Å². The van der Waals surface area contributed by atoms with Crippen molar-refractivity contribution in [1.82, 2.24) is 10.2 Å². The van der Waals surface area contributed by atoms with Crippen LogP contribution in [0.15, 0.2) is 87.9 Å². The summed E-state index contributed by atoms with van der Waals surface area (Å²) in [5, 5.41) is 15.0. The molecule has 2 amide bonds. The number of allylic oxidation sites excluding steroid dienone is 3. The van der Waals surface area contributed by atoms with E-state index in [1.54, 1.807) is 13.1 Å². The molecule has 2 N–H and O–H groups in total. The first-order valence-corrected chi connectivity index (χ1v) is 13.1. The van der Waals surface area contributed by atoms with E-state index in [-0.39, 0.29) is 30.4 Å². The van der Waals surface area contributed by atoms with Gasteiger partial charge in [0.25, 0.3) is 0 Å². The van der Waals surface area contributed by atoms with Crippen molar-refractivity contribution in [2.24, 2.45) is 10.9 Å². The van der Waals surface area contributed by atoms with Crippen molar-refractivity contribution >= 4 is 47.2 Å². The van der Waals surface area contributed by atoms with E-state index in [1.165, 1.54) is 17.4 Å². The lowest BCUT2D eigenvalue weighted by Gasteiger charge is -2.25. The van der Waals surface area contributed by atoms with E-state index in [4.69, 9.17) is 27.9 Å². The van der Waals surface area contributed by atoms with E-state index in [2.05, 4.69) is 10.3 Å². The first-order chi connectivity index (χ1) is 18.7. The zero-order valence-electron chi connectivity index (χ0n) is 20.9. The van der Waals surface area contributed by atoms with Crippen LogP contribution in [-0.4, -0.2) is 40.9 Å². The summed E-state index contributed by atoms with van der Waals surface area (Å²) in [6.07, 6.45) is 4.98. The van der Waals surface area contributed by atoms with Gasteiger partial charge in [-0.1, -0.05) is 59.6 Å². The number of ether oxygens (including phenoxy) is 1. The standard InChI is InChI=1S/C29H25Cl2N3O5/c1-34-27-20(10-17(11-23(27)31)19-7-3-4-8-22(19)30)21(28(34)36)13-25(29(37)38)33-26(35)12-18-14-32-24-9-5-2-6-16(24)15-39-18/h2-10,14-15,17,21,25H,11-13H2,1H3,(H,33,35)(H,37,38)/t17-,21-,25-/m0/s1. The number of carbonyl (C=O) groups excluding carboxylic acids is 2. The maximum Gasteiger partial charge on any atom is 0.326 e. The van der Waals surface area contributed by atoms with Crippen LogP contribution in [0.2, 0.25) is 5.02 Å². The third-order valence-corrected chi connectivity index (χ3v) is 7.69. The number of carboxylic acids is 1. The van der Waals surface area contributed by atoms with Gasteiger partial charge >= 0.3 is 5.97 Å². The molecule has 8 nitrogen and oxygen atoms in total. The number of benzene rings is 2. The highest BCUT2D eigenvalue weighted by molar-refractivity contribution is 6.32. The monoisotopic (exact) mass is 565 g/mol. The number of carboxylic acid groups (broad SMARTS) is 1. The van der Waals surface area contributed by atoms with Gasteiger partial charge in [0, 0.05) is 28.2 Å². The van der Waals surface area contributed by atoms with Crippen molar-refractivity contribution in [2.75, 3.05) is 7.05 Å². The molecule has 5 rings (SSSR count). The predicted molar refractivity (Wildman–Crippen MR) is 146 cm³/mol. The summed E-state index contributed by atoms with van der Waals surface area (Å²) in [5.74, 6) is -2.80. The molecule has 0 spiro atoms. The molecule has 1 fully saturated rings. The minimum absolute atomic E-state index is 0.138. The van der Waals surface area contributed by atoms with Crippen LogP contribution in [0.1, 0.15) is 30.7 Å². The zero-order valence-corrected chi connectivity index (χ0v) is 22.4. The molecule has 39 heavy (non-hydrogen) atoms. The number of rotatable bonds is 7. The third kappa shape index (κ3) is 5.48. The number of hydrogen-bond donors (Lipinski definition) is 2. The quantitative estimate of drug-likeness (QED) is 0.533. The summed E-state index contributed by atoms with van der Waals surface area (Å²) in [7, 11) is 1.62. The number of likely N-dealkylation sites (tertiary alicyclic amines) is 1. The summed E-state index contributed by atoms with van der Waals surface area (Å²) in [6, 6.07) is 13.4. The molecule has 2 aromatic rings. The topological polar surface area (TPSA) is 108 Å². The minimum atomic E-state index is -1.32. The number of hydrogen-bond acceptors (Lipinski definition) is 5. The predicted octanol–water partition coefficient (Wildman–Crippen LogP) is 3.57. The van der Waals surface area contributed by atoms with Crippen LogP contribution in [0.25, 0.3) is 6.26 Å². The Morgan fingerprint density at radius 2 is 1.92 bits per heavy atom. The van der Waals surface area contributed by atoms with E-state index < -0.39 is 23.8 Å². The second-order valence-corrected chi connectivity index (χ2v) is 10.4. The molecule has 2 heterocycles. The number of fused-ring (bicyclic) bond motifs is 2. The number of amides is 2. The molecule has 0 saturated carbocycles. The molecule has 1 saturated heterocycles. The lowest BCUT2D eigenvalue weighted by molar-refractivity contribution is -0.142. The van der Waals surface area contributed by atoms with E-state index in [0.29, 0.717) is 33.1 Å². The van der Waals surface area contributed by atoms with Gasteiger partial charge in [-0.3, -0.25) is 14.6 Å². The number of halogens is 2. The summed E-state index contributed by atoms with van der Waals surface area (Å²) in [4.78, 5) is 44.0. The second-order valence-electron chi connectivity index (χ2n) is 9.55. The average Bonchev–Trinajstić information content (AvgIpc) is 3.04. The van der Waals surface area contributed by atoms with Crippen LogP contribution < -0.4 is 15.9 Å². The first-order valence-electron chi connectivity index (χ1n) is 12.4. The van der Waals surface area contributed by atoms with Gasteiger partial charge in [-0.15, -0.1) is 0 Å². The number of aliphatic carboxylic acids is 1. The van der Waals surface area contributed by atoms with Gasteiger partial charge in [0.05, 0.1) is 29.6 Å². The summed E-state index contributed by atoms with van der Waals surface area (Å²) >= 11 is 13.1. The molecule has 200 valence electrons. The molecular formula is C29H25Cl2N3O5. The fraction of sp³-hybridized carbons (Fsp3) is 0.241. The molecule has 3 atom stereocenters. The molecule has 0 aromatic heterocycles. The molecule has 2 aliphatic heterocycles. The van der Waals surface area contributed by atoms with Gasteiger partial charge in [-0.05, 0) is 42.2 Å². The highest BCUT2D eigenvalue weighted by Crippen LogP contribution is 2.47. The fourth-order valence-electron chi connectivity index (χ4n) is 5.10. The molecule has 2 aromatic carbocycles. The molecule has 0 bridgehead atoms. The van der Waals surface area contributed by atoms with Gasteiger partial charge in [0.15, 0.2) is 0 Å². The van der Waals surface area contributed by atoms with Gasteiger partial charge < -0.3 is 20.1 Å². The van der Waals surface area contributed by atoms with Crippen LogP contribution in [0.5, 0.6) is 0 Å². The highest BCUT2D eigenvalue weighted by atomic mass is 35.5. The van der Waals surface area contributed by atoms with Crippen molar-refractivity contribution in [3.05, 3.63) is 104 Å². The fourth-order valence-corrected chi connectivity index (χ4v) is 5.78. The Bertz CT molecular complexity index is 1580. The first kappa shape index (κ1) is 26.7. The molecule has 3 aliphatic rings. The zero-order chi connectivity index (χ0) is 27.7. The van der Waals surface area contributed by atoms with E-state index in [0.717, 1.165) is 10.8 Å². The average molecular weight is 566 g/mol. The van der Waals surface area contributed by atoms with Crippen LogP contribution >= 0.6 is 23.2 Å². The Hall–Kier alpha value is -3.88. The van der Waals surface area contributed by atoms with Gasteiger partial charge in [-0.2, -0.15) is 0 Å². The number of nitrogens with one attached hydrogen (secondary N) is 1. The van der Waals surface area contributed by atoms with Gasteiger partial charge in [0.2, 0.25) is 11.8 Å². The highest BCUT2D eigenvalue weighted by Gasteiger charge is 2.44. The second kappa shape index (κ2) is 11.1. The normalized spacial score (nSPS) is 20.8. The van der Waals surface area contributed by atoms with Crippen LogP contribution in [0.4, 0.5) is 0 Å². The summed E-state index contributed by atoms with van der Waals surface area (Å²) in [5.41, 5.74) is 2.10. The van der Waals surface area contributed by atoms with E-state index in [9.17, 15) is 19.5 Å². The Morgan fingerprint density at radius 1 is 1.18 bits per heavy atom. The lowest BCUT2D eigenvalue weighted by atomic mass is 9.83. The van der Waals surface area contributed by atoms with Gasteiger partial charge in [0.1, 0.15) is 18.1 Å². The van der Waals surface area contributed by atoms with Crippen molar-refractivity contribution in [3.8, 4) is 0 Å². The van der Waals surface area contributed by atoms with E-state index >= 15 is 0 Å². The van der Waals surface area contributed by atoms with Crippen molar-refractivity contribution < 1.29 is 24.2 Å². The summed E-state index contributed by atoms with van der Waals surface area (Å²) in [6.45, 7) is 0. The van der Waals surface area contributed by atoms with Crippen molar-refractivity contribution in [3.63, 3.8) is 0 Å². The SMILES string of the molecule is CN1C(=O)[C@@H](C[C@H](NC(=O)CC2=CN=c3ccccc3=CO2)C(=O)O)C2=C[C@H](c3ccccc3Cl)CC(Cl)=C21. The Kier molecular flexibility index (Phi) is 7.59. The van der Waals surface area contributed by atoms with Crippen LogP contribution in [0, 0.1) is 5.92 Å². The number of para-hydroxylation sites is 1. The molecular weight excluding hydrogens is 541 g/mol. The minimum Gasteiger partial charge on any atom is -0.480 e.